The summed E-state index contributed by atoms with van der Waals surface area (Å²) in [6.07, 6.45) is 50.5. The van der Waals surface area contributed by atoms with Crippen LogP contribution < -0.4 is 9.47 Å². The molecule has 4 nitrogen and oxygen atoms in total. The molecule has 2 aromatic heterocycles. The van der Waals surface area contributed by atoms with Crippen LogP contribution in [0.3, 0.4) is 0 Å². The van der Waals surface area contributed by atoms with Crippen molar-refractivity contribution >= 4 is 0 Å². The van der Waals surface area contributed by atoms with Crippen molar-refractivity contribution in [1.82, 2.24) is 9.97 Å². The van der Waals surface area contributed by atoms with E-state index in [9.17, 15) is 0 Å². The van der Waals surface area contributed by atoms with Crippen molar-refractivity contribution in [3.8, 4) is 23.1 Å². The minimum atomic E-state index is 0.789. The third-order valence-electron chi connectivity index (χ3n) is 11.1. The Hall–Kier alpha value is -1.84. The zero-order valence-electron chi connectivity index (χ0n) is 35.0. The molecule has 52 heavy (non-hydrogen) atoms. The summed E-state index contributed by atoms with van der Waals surface area (Å²) in [5, 5.41) is 0. The van der Waals surface area contributed by atoms with Crippen molar-refractivity contribution in [3.05, 3.63) is 24.3 Å². The minimum Gasteiger partial charge on any atom is -0.479 e. The van der Waals surface area contributed by atoms with Crippen LogP contribution >= 0.6 is 0 Å². The van der Waals surface area contributed by atoms with E-state index in [1.165, 1.54) is 218 Å². The van der Waals surface area contributed by atoms with Gasteiger partial charge >= 0.3 is 0 Å². The van der Waals surface area contributed by atoms with E-state index >= 15 is 0 Å². The zero-order chi connectivity index (χ0) is 36.8. The first-order valence-corrected chi connectivity index (χ1v) is 23.5. The number of hydrogen-bond acceptors (Lipinski definition) is 2. The van der Waals surface area contributed by atoms with Crippen LogP contribution in [0.1, 0.15) is 245 Å². The van der Waals surface area contributed by atoms with Gasteiger partial charge in [0.05, 0.1) is 24.6 Å². The summed E-state index contributed by atoms with van der Waals surface area (Å²) in [6.45, 7) is 6.18. The summed E-state index contributed by atoms with van der Waals surface area (Å²) in [5.74, 6) is 1.72. The first-order chi connectivity index (χ1) is 25.8. The normalized spacial score (nSPS) is 11.5. The van der Waals surface area contributed by atoms with Gasteiger partial charge in [0.2, 0.25) is 0 Å². The van der Waals surface area contributed by atoms with Crippen LogP contribution in [-0.4, -0.2) is 23.2 Å². The molecular weight excluding hydrogens is 637 g/mol. The molecule has 0 fully saturated rings. The number of hydrogen-bond donors (Lipinski definition) is 2. The predicted molar refractivity (Wildman–Crippen MR) is 229 cm³/mol. The summed E-state index contributed by atoms with van der Waals surface area (Å²) in [7, 11) is 0. The Kier molecular flexibility index (Phi) is 32.2. The summed E-state index contributed by atoms with van der Waals surface area (Å²) in [6, 6.07) is 8.28. The summed E-state index contributed by atoms with van der Waals surface area (Å²) >= 11 is 0. The average Bonchev–Trinajstić information content (AvgIpc) is 3.84. The van der Waals surface area contributed by atoms with Gasteiger partial charge in [-0.15, -0.1) is 0 Å². The van der Waals surface area contributed by atoms with Crippen LogP contribution in [0, 0.1) is 0 Å². The quantitative estimate of drug-likeness (QED) is 0.0671. The summed E-state index contributed by atoms with van der Waals surface area (Å²) in [5.41, 5.74) is 2.10. The maximum atomic E-state index is 6.02. The van der Waals surface area contributed by atoms with Gasteiger partial charge in [-0.25, -0.2) is 0 Å². The fraction of sp³-hybridized carbons (Fsp3) is 0.833. The lowest BCUT2D eigenvalue weighted by molar-refractivity contribution is 0.294. The van der Waals surface area contributed by atoms with Gasteiger partial charge in [0.25, 0.3) is 0 Å². The fourth-order valence-electron chi connectivity index (χ4n) is 7.60. The summed E-state index contributed by atoms with van der Waals surface area (Å²) in [4.78, 5) is 6.84. The molecule has 2 N–H and O–H groups in total. The van der Waals surface area contributed by atoms with Crippen molar-refractivity contribution in [3.63, 3.8) is 0 Å². The Balaban J connectivity index is 1.32. The van der Waals surface area contributed by atoms with E-state index in [0.29, 0.717) is 0 Å². The lowest BCUT2D eigenvalue weighted by Gasteiger charge is -2.05. The molecular formula is C48H88N2O2. The molecule has 0 aliphatic carbocycles. The van der Waals surface area contributed by atoms with Gasteiger partial charge in [-0.2, -0.15) is 0 Å². The van der Waals surface area contributed by atoms with Gasteiger partial charge in [0.15, 0.2) is 11.8 Å². The number of nitrogens with one attached hydrogen (secondary N) is 2. The van der Waals surface area contributed by atoms with Crippen molar-refractivity contribution in [2.24, 2.45) is 0 Å². The molecule has 0 aliphatic rings. The van der Waals surface area contributed by atoms with Crippen molar-refractivity contribution < 1.29 is 9.47 Å². The van der Waals surface area contributed by atoms with Gasteiger partial charge in [-0.3, -0.25) is 0 Å². The van der Waals surface area contributed by atoms with Gasteiger partial charge < -0.3 is 19.4 Å². The molecule has 0 radical (unpaired) electrons. The van der Waals surface area contributed by atoms with E-state index < -0.39 is 0 Å². The molecule has 0 spiro atoms. The topological polar surface area (TPSA) is 50.0 Å². The molecule has 2 aromatic rings. The molecule has 2 heterocycles. The fourth-order valence-corrected chi connectivity index (χ4v) is 7.60. The molecule has 302 valence electrons. The Bertz CT molecular complexity index is 902. The standard InChI is InChI=1S/C48H88N2O2/c1-3-5-7-9-11-13-15-17-19-21-23-25-27-29-31-33-35-37-43-51-47-41-39-45(49-47)46-40-42-48(50-46)52-44-38-36-34-32-30-28-26-24-22-20-18-16-14-12-10-8-6-4-2/h39-42,49-50H,3-38,43-44H2,1-2H3. The maximum Gasteiger partial charge on any atom is 0.191 e. The zero-order valence-corrected chi connectivity index (χ0v) is 35.0. The maximum absolute atomic E-state index is 6.02. The minimum absolute atomic E-state index is 0.789. The number of ether oxygens (including phenoxy) is 2. The molecule has 0 aliphatic heterocycles. The average molecular weight is 725 g/mol. The second-order valence-electron chi connectivity index (χ2n) is 16.2. The molecule has 0 saturated carbocycles. The van der Waals surface area contributed by atoms with E-state index in [1.807, 2.05) is 12.1 Å². The first-order valence-electron chi connectivity index (χ1n) is 23.5. The monoisotopic (exact) mass is 725 g/mol. The van der Waals surface area contributed by atoms with E-state index in [0.717, 1.165) is 49.2 Å². The highest BCUT2D eigenvalue weighted by molar-refractivity contribution is 5.57. The Morgan fingerprint density at radius 1 is 0.288 bits per heavy atom. The molecule has 4 heteroatoms. The number of aromatic amines is 2. The Morgan fingerprint density at radius 2 is 0.500 bits per heavy atom. The van der Waals surface area contributed by atoms with Crippen LogP contribution in [0.25, 0.3) is 11.4 Å². The first kappa shape index (κ1) is 46.3. The van der Waals surface area contributed by atoms with Gasteiger partial charge in [-0.05, 0) is 25.0 Å². The SMILES string of the molecule is CCCCCCCCCCCCCCCCCCCCOc1ccc(-c2ccc(OCCCCCCCCCCCCCCCCCCCC)[nH]2)[nH]1. The van der Waals surface area contributed by atoms with Crippen LogP contribution in [0.15, 0.2) is 24.3 Å². The van der Waals surface area contributed by atoms with Crippen molar-refractivity contribution in [2.45, 2.75) is 245 Å². The van der Waals surface area contributed by atoms with E-state index in [4.69, 9.17) is 9.47 Å². The number of rotatable bonds is 41. The van der Waals surface area contributed by atoms with Gasteiger partial charge in [0, 0.05) is 12.1 Å². The van der Waals surface area contributed by atoms with Crippen LogP contribution in [0.4, 0.5) is 0 Å². The second-order valence-corrected chi connectivity index (χ2v) is 16.2. The third kappa shape index (κ3) is 27.7. The molecule has 2 rings (SSSR count). The van der Waals surface area contributed by atoms with E-state index in [2.05, 4.69) is 35.9 Å². The Labute approximate surface area is 324 Å². The highest BCUT2D eigenvalue weighted by Crippen LogP contribution is 2.24. The molecule has 0 unspecified atom stereocenters. The van der Waals surface area contributed by atoms with Crippen LogP contribution in [0.2, 0.25) is 0 Å². The third-order valence-corrected chi connectivity index (χ3v) is 11.1. The van der Waals surface area contributed by atoms with Gasteiger partial charge in [-0.1, -0.05) is 232 Å². The lowest BCUT2D eigenvalue weighted by atomic mass is 10.0. The molecule has 0 saturated heterocycles. The number of unbranched alkanes of at least 4 members (excludes halogenated alkanes) is 34. The lowest BCUT2D eigenvalue weighted by Crippen LogP contribution is -1.98. The summed E-state index contributed by atoms with van der Waals surface area (Å²) < 4.78 is 12.0. The van der Waals surface area contributed by atoms with Crippen LogP contribution in [-0.2, 0) is 0 Å². The smallest absolute Gasteiger partial charge is 0.191 e. The van der Waals surface area contributed by atoms with E-state index in [1.54, 1.807) is 0 Å². The molecule has 0 atom stereocenters. The number of H-pyrrole nitrogens is 2. The highest BCUT2D eigenvalue weighted by Gasteiger charge is 2.06. The second kappa shape index (κ2) is 36.2. The van der Waals surface area contributed by atoms with Crippen LogP contribution in [0.5, 0.6) is 11.8 Å². The highest BCUT2D eigenvalue weighted by atomic mass is 16.5. The Morgan fingerprint density at radius 3 is 0.731 bits per heavy atom. The molecule has 0 amide bonds. The molecule has 0 aromatic carbocycles. The number of aromatic nitrogens is 2. The largest absolute Gasteiger partial charge is 0.479 e. The predicted octanol–water partition coefficient (Wildman–Crippen LogP) is 16.9. The van der Waals surface area contributed by atoms with E-state index in [-0.39, 0.29) is 0 Å². The van der Waals surface area contributed by atoms with Crippen molar-refractivity contribution in [1.29, 1.82) is 0 Å². The van der Waals surface area contributed by atoms with Gasteiger partial charge in [0.1, 0.15) is 0 Å². The molecule has 0 bridgehead atoms. The van der Waals surface area contributed by atoms with Crippen molar-refractivity contribution in [2.75, 3.05) is 13.2 Å².